The number of nitrogens with zero attached hydrogens (tertiary/aromatic N) is 5. The topological polar surface area (TPSA) is 124 Å². The number of pyridine rings is 1. The van der Waals surface area contributed by atoms with Crippen molar-refractivity contribution >= 4 is 16.9 Å². The molecule has 0 radical (unpaired) electrons. The number of H-pyrrole nitrogens is 1. The van der Waals surface area contributed by atoms with Crippen molar-refractivity contribution in [1.82, 2.24) is 30.1 Å². The van der Waals surface area contributed by atoms with Crippen molar-refractivity contribution in [3.8, 4) is 11.5 Å². The van der Waals surface area contributed by atoms with Gasteiger partial charge < -0.3 is 19.2 Å². The maximum Gasteiger partial charge on any atom is 0.309 e. The molecule has 1 N–H and O–H groups in total. The van der Waals surface area contributed by atoms with E-state index in [1.165, 1.54) is 0 Å². The molecule has 204 valence electrons. The second-order valence-corrected chi connectivity index (χ2v) is 9.51. The normalized spacial score (nSPS) is 15.3. The van der Waals surface area contributed by atoms with E-state index in [1.54, 1.807) is 18.9 Å². The Hall–Kier alpha value is -4.25. The van der Waals surface area contributed by atoms with Gasteiger partial charge >= 0.3 is 5.97 Å². The highest BCUT2D eigenvalue weighted by molar-refractivity contribution is 5.80. The standard InChI is InChI=1S/C28H32N6O5/c1-4-39-28(36)19-11-13-33(14-12-19)25(23-16-20-15-22(38-3)9-10-24(20)29-27(23)35)26-30-31-32-34(26)17-18-5-7-21(37-2)8-6-18/h5-10,15-16,19,25H,4,11-14,17H2,1-3H3,(H,29,35)/t25-/m1/s1. The van der Waals surface area contributed by atoms with Gasteiger partial charge in [0.25, 0.3) is 5.56 Å². The molecular weight excluding hydrogens is 500 g/mol. The van der Waals surface area contributed by atoms with E-state index < -0.39 is 6.04 Å². The fraction of sp³-hybridized carbons (Fsp3) is 0.393. The Morgan fingerprint density at radius 2 is 1.77 bits per heavy atom. The lowest BCUT2D eigenvalue weighted by Gasteiger charge is -2.36. The summed E-state index contributed by atoms with van der Waals surface area (Å²) in [5.41, 5.74) is 2.00. The quantitative estimate of drug-likeness (QED) is 0.324. The summed E-state index contributed by atoms with van der Waals surface area (Å²) in [6.07, 6.45) is 1.24. The number of fused-ring (bicyclic) bond motifs is 1. The predicted molar refractivity (Wildman–Crippen MR) is 144 cm³/mol. The fourth-order valence-corrected chi connectivity index (χ4v) is 5.11. The van der Waals surface area contributed by atoms with Crippen molar-refractivity contribution in [3.63, 3.8) is 0 Å². The van der Waals surface area contributed by atoms with E-state index in [9.17, 15) is 9.59 Å². The Kier molecular flexibility index (Phi) is 7.87. The second-order valence-electron chi connectivity index (χ2n) is 9.51. The summed E-state index contributed by atoms with van der Waals surface area (Å²) < 4.78 is 17.7. The third-order valence-corrected chi connectivity index (χ3v) is 7.18. The number of aromatic amines is 1. The molecule has 0 saturated carbocycles. The molecule has 11 heteroatoms. The zero-order valence-corrected chi connectivity index (χ0v) is 22.3. The van der Waals surface area contributed by atoms with E-state index in [4.69, 9.17) is 14.2 Å². The number of esters is 1. The van der Waals surface area contributed by atoms with E-state index in [1.807, 2.05) is 55.5 Å². The number of hydrogen-bond donors (Lipinski definition) is 1. The molecule has 1 aliphatic rings. The van der Waals surface area contributed by atoms with Crippen LogP contribution in [0.2, 0.25) is 0 Å². The lowest BCUT2D eigenvalue weighted by atomic mass is 9.94. The first-order valence-corrected chi connectivity index (χ1v) is 13.0. The molecule has 1 atom stereocenters. The Morgan fingerprint density at radius 3 is 2.46 bits per heavy atom. The number of benzene rings is 2. The Balaban J connectivity index is 1.54. The first-order valence-electron chi connectivity index (χ1n) is 13.0. The number of carbonyl (C=O) groups excluding carboxylic acids is 1. The number of rotatable bonds is 9. The highest BCUT2D eigenvalue weighted by atomic mass is 16.5. The molecule has 5 rings (SSSR count). The SMILES string of the molecule is CCOC(=O)C1CCN([C@H](c2cc3cc(OC)ccc3[nH]c2=O)c2nnnn2Cc2ccc(OC)cc2)CC1. The number of hydrogen-bond acceptors (Lipinski definition) is 9. The van der Waals surface area contributed by atoms with Gasteiger partial charge in [0.2, 0.25) is 0 Å². The molecule has 0 bridgehead atoms. The highest BCUT2D eigenvalue weighted by Gasteiger charge is 2.35. The lowest BCUT2D eigenvalue weighted by molar-refractivity contribution is -0.149. The number of likely N-dealkylation sites (tertiary alicyclic amines) is 1. The summed E-state index contributed by atoms with van der Waals surface area (Å²) in [7, 11) is 3.23. The first-order chi connectivity index (χ1) is 19.0. The fourth-order valence-electron chi connectivity index (χ4n) is 5.11. The molecule has 3 heterocycles. The van der Waals surface area contributed by atoms with Gasteiger partial charge in [-0.05, 0) is 72.2 Å². The number of methoxy groups -OCH3 is 2. The van der Waals surface area contributed by atoms with Crippen LogP contribution in [-0.2, 0) is 16.1 Å². The summed E-state index contributed by atoms with van der Waals surface area (Å²) in [5.74, 6) is 1.66. The van der Waals surface area contributed by atoms with Crippen molar-refractivity contribution in [2.45, 2.75) is 32.4 Å². The van der Waals surface area contributed by atoms with Gasteiger partial charge in [0.1, 0.15) is 17.5 Å². The van der Waals surface area contributed by atoms with Crippen LogP contribution in [0.25, 0.3) is 10.9 Å². The van der Waals surface area contributed by atoms with E-state index >= 15 is 0 Å². The smallest absolute Gasteiger partial charge is 0.309 e. The number of carbonyl (C=O) groups is 1. The molecule has 39 heavy (non-hydrogen) atoms. The molecule has 0 spiro atoms. The summed E-state index contributed by atoms with van der Waals surface area (Å²) in [4.78, 5) is 31.1. The number of tetrazole rings is 1. The predicted octanol–water partition coefficient (Wildman–Crippen LogP) is 2.94. The lowest BCUT2D eigenvalue weighted by Crippen LogP contribution is -2.42. The van der Waals surface area contributed by atoms with Crippen molar-refractivity contribution < 1.29 is 19.0 Å². The molecular formula is C28H32N6O5. The van der Waals surface area contributed by atoms with Crippen LogP contribution in [-0.4, -0.2) is 70.0 Å². The van der Waals surface area contributed by atoms with Crippen LogP contribution in [0.3, 0.4) is 0 Å². The average molecular weight is 533 g/mol. The maximum absolute atomic E-state index is 13.5. The van der Waals surface area contributed by atoms with Crippen molar-refractivity contribution in [2.24, 2.45) is 5.92 Å². The average Bonchev–Trinajstić information content (AvgIpc) is 3.41. The van der Waals surface area contributed by atoms with Crippen LogP contribution in [0.1, 0.15) is 42.8 Å². The summed E-state index contributed by atoms with van der Waals surface area (Å²) >= 11 is 0. The molecule has 4 aromatic rings. The minimum Gasteiger partial charge on any atom is -0.497 e. The van der Waals surface area contributed by atoms with Gasteiger partial charge in [0.15, 0.2) is 5.82 Å². The van der Waals surface area contributed by atoms with Gasteiger partial charge in [-0.3, -0.25) is 14.5 Å². The Morgan fingerprint density at radius 1 is 1.05 bits per heavy atom. The number of aromatic nitrogens is 5. The minimum atomic E-state index is -0.527. The van der Waals surface area contributed by atoms with Crippen LogP contribution in [0, 0.1) is 5.92 Å². The molecule has 0 unspecified atom stereocenters. The van der Waals surface area contributed by atoms with Crippen molar-refractivity contribution in [3.05, 3.63) is 75.8 Å². The largest absolute Gasteiger partial charge is 0.497 e. The van der Waals surface area contributed by atoms with Gasteiger partial charge in [-0.1, -0.05) is 12.1 Å². The summed E-state index contributed by atoms with van der Waals surface area (Å²) in [5, 5.41) is 13.5. The van der Waals surface area contributed by atoms with Gasteiger partial charge in [-0.15, -0.1) is 5.10 Å². The molecule has 1 saturated heterocycles. The van der Waals surface area contributed by atoms with Gasteiger partial charge in [-0.25, -0.2) is 4.68 Å². The number of piperidine rings is 1. The van der Waals surface area contributed by atoms with Crippen LogP contribution >= 0.6 is 0 Å². The van der Waals surface area contributed by atoms with Crippen LogP contribution in [0.5, 0.6) is 11.5 Å². The highest BCUT2D eigenvalue weighted by Crippen LogP contribution is 2.32. The zero-order chi connectivity index (χ0) is 27.4. The second kappa shape index (κ2) is 11.6. The molecule has 1 fully saturated rings. The number of ether oxygens (including phenoxy) is 3. The zero-order valence-electron chi connectivity index (χ0n) is 22.3. The van der Waals surface area contributed by atoms with Crippen molar-refractivity contribution in [1.29, 1.82) is 0 Å². The van der Waals surface area contributed by atoms with Crippen molar-refractivity contribution in [2.75, 3.05) is 33.9 Å². The molecule has 11 nitrogen and oxygen atoms in total. The van der Waals surface area contributed by atoms with E-state index in [0.29, 0.717) is 61.7 Å². The monoisotopic (exact) mass is 532 g/mol. The Bertz CT molecular complexity index is 1490. The van der Waals surface area contributed by atoms with Gasteiger partial charge in [0.05, 0.1) is 33.3 Å². The van der Waals surface area contributed by atoms with Crippen LogP contribution < -0.4 is 15.0 Å². The maximum atomic E-state index is 13.5. The van der Waals surface area contributed by atoms with E-state index in [0.717, 1.165) is 16.7 Å². The first kappa shape index (κ1) is 26.4. The van der Waals surface area contributed by atoms with E-state index in [-0.39, 0.29) is 17.4 Å². The van der Waals surface area contributed by atoms with E-state index in [2.05, 4.69) is 25.4 Å². The van der Waals surface area contributed by atoms with Crippen LogP contribution in [0.15, 0.2) is 53.3 Å². The minimum absolute atomic E-state index is 0.170. The third kappa shape index (κ3) is 5.63. The van der Waals surface area contributed by atoms with Gasteiger partial charge in [0, 0.05) is 29.6 Å². The van der Waals surface area contributed by atoms with Gasteiger partial charge in [-0.2, -0.15) is 0 Å². The molecule has 0 amide bonds. The number of nitrogens with one attached hydrogen (secondary N) is 1. The molecule has 0 aliphatic carbocycles. The third-order valence-electron chi connectivity index (χ3n) is 7.18. The summed E-state index contributed by atoms with van der Waals surface area (Å²) in [6, 6.07) is 14.6. The molecule has 1 aliphatic heterocycles. The molecule has 2 aromatic heterocycles. The van der Waals surface area contributed by atoms with Crippen LogP contribution in [0.4, 0.5) is 0 Å². The molecule has 2 aromatic carbocycles. The summed E-state index contributed by atoms with van der Waals surface area (Å²) in [6.45, 7) is 3.75. The Labute approximate surface area is 225 Å².